The molecule has 1 atom stereocenters. The number of fused-ring (bicyclic) bond motifs is 1. The molecule has 14 heteroatoms. The maximum atomic E-state index is 15.1. The van der Waals surface area contributed by atoms with Crippen LogP contribution in [0.15, 0.2) is 36.4 Å². The van der Waals surface area contributed by atoms with Gasteiger partial charge in [-0.15, -0.1) is 0 Å². The number of phosphoric ester groups is 1. The van der Waals surface area contributed by atoms with Gasteiger partial charge >= 0.3 is 13.9 Å². The van der Waals surface area contributed by atoms with Crippen LogP contribution >= 0.6 is 7.82 Å². The zero-order valence-electron chi connectivity index (χ0n) is 17.9. The van der Waals surface area contributed by atoms with E-state index in [0.29, 0.717) is 30.2 Å². The smallest absolute Gasteiger partial charge is 0.441 e. The van der Waals surface area contributed by atoms with Gasteiger partial charge in [-0.3, -0.25) is 9.42 Å². The van der Waals surface area contributed by atoms with Crippen LogP contribution in [0.1, 0.15) is 11.1 Å². The number of halogens is 1. The molecule has 0 unspecified atom stereocenters. The van der Waals surface area contributed by atoms with Crippen LogP contribution in [-0.4, -0.2) is 55.3 Å². The number of amides is 1. The van der Waals surface area contributed by atoms with Crippen molar-refractivity contribution < 1.29 is 32.8 Å². The number of anilines is 2. The maximum absolute atomic E-state index is 15.1. The van der Waals surface area contributed by atoms with E-state index in [1.165, 1.54) is 11.0 Å². The molecule has 2 aliphatic rings. The van der Waals surface area contributed by atoms with E-state index in [0.717, 1.165) is 11.1 Å². The Bertz CT molecular complexity index is 1310. The molecule has 0 saturated carbocycles. The summed E-state index contributed by atoms with van der Waals surface area (Å²) in [5.74, 6) is 0.128. The van der Waals surface area contributed by atoms with Crippen molar-refractivity contribution in [2.45, 2.75) is 19.2 Å². The molecule has 0 radical (unpaired) electrons. The predicted octanol–water partition coefficient (Wildman–Crippen LogP) is 1.97. The molecule has 3 aromatic rings. The van der Waals surface area contributed by atoms with E-state index in [9.17, 15) is 9.36 Å². The number of aryl methyl sites for hydroxylation is 1. The molecule has 2 N–H and O–H groups in total. The van der Waals surface area contributed by atoms with Crippen LogP contribution in [0.25, 0.3) is 11.1 Å². The number of rotatable bonds is 6. The molecule has 0 spiro atoms. The average Bonchev–Trinajstić information content (AvgIpc) is 3.48. The number of cyclic esters (lactones) is 1. The van der Waals surface area contributed by atoms with Crippen molar-refractivity contribution in [3.63, 3.8) is 0 Å². The number of nitrogens with zero attached hydrogens (tertiary/aromatic N) is 6. The summed E-state index contributed by atoms with van der Waals surface area (Å²) in [5, 5.41) is 11.6. The van der Waals surface area contributed by atoms with E-state index in [-0.39, 0.29) is 12.2 Å². The second-order valence-electron chi connectivity index (χ2n) is 8.01. The summed E-state index contributed by atoms with van der Waals surface area (Å²) in [4.78, 5) is 33.0. The summed E-state index contributed by atoms with van der Waals surface area (Å²) in [7, 11) is -2.92. The van der Waals surface area contributed by atoms with Crippen LogP contribution in [-0.2, 0) is 34.0 Å². The molecule has 12 nitrogen and oxygen atoms in total. The lowest BCUT2D eigenvalue weighted by Crippen LogP contribution is -2.25. The Balaban J connectivity index is 1.32. The Hall–Kier alpha value is -3.38. The fraction of sp³-hybridized carbons (Fsp3) is 0.300. The standard InChI is InChI=1S/C20H20FN6O6P/c1-25-19(22-23-24-25)26-8-13-3-2-12(6-14(13)9-26)17-5-4-15(7-18(17)21)27-10-16(33-20(27)28)11-32-34(29,30)31/h2-7,16H,8-11H2,1H3,(H2,29,30,31)/t16-/m1/s1. The topological polar surface area (TPSA) is 143 Å². The molecule has 1 aromatic heterocycles. The molecule has 2 aliphatic heterocycles. The summed E-state index contributed by atoms with van der Waals surface area (Å²) < 4.78 is 37.0. The lowest BCUT2D eigenvalue weighted by Gasteiger charge is -2.15. The van der Waals surface area contributed by atoms with E-state index >= 15 is 4.39 Å². The Morgan fingerprint density at radius 2 is 2.00 bits per heavy atom. The van der Waals surface area contributed by atoms with E-state index < -0.39 is 32.4 Å². The minimum atomic E-state index is -4.69. The van der Waals surface area contributed by atoms with Crippen molar-refractivity contribution in [3.05, 3.63) is 53.3 Å². The summed E-state index contributed by atoms with van der Waals surface area (Å²) >= 11 is 0. The van der Waals surface area contributed by atoms with E-state index in [1.54, 1.807) is 23.9 Å². The largest absolute Gasteiger partial charge is 0.469 e. The molecule has 3 heterocycles. The Morgan fingerprint density at radius 1 is 1.21 bits per heavy atom. The molecular formula is C20H20FN6O6P. The van der Waals surface area contributed by atoms with Gasteiger partial charge in [-0.25, -0.2) is 18.4 Å². The van der Waals surface area contributed by atoms with E-state index in [2.05, 4.69) is 20.0 Å². The highest BCUT2D eigenvalue weighted by atomic mass is 31.2. The van der Waals surface area contributed by atoms with Crippen LogP contribution in [0, 0.1) is 5.82 Å². The normalized spacial score (nSPS) is 17.9. The van der Waals surface area contributed by atoms with Gasteiger partial charge in [0.15, 0.2) is 0 Å². The van der Waals surface area contributed by atoms with Crippen molar-refractivity contribution in [1.82, 2.24) is 20.2 Å². The molecule has 0 bridgehead atoms. The Morgan fingerprint density at radius 3 is 2.71 bits per heavy atom. The monoisotopic (exact) mass is 490 g/mol. The molecule has 5 rings (SSSR count). The van der Waals surface area contributed by atoms with Gasteiger partial charge in [0, 0.05) is 25.7 Å². The molecular weight excluding hydrogens is 470 g/mol. The van der Waals surface area contributed by atoms with Crippen molar-refractivity contribution >= 4 is 25.6 Å². The summed E-state index contributed by atoms with van der Waals surface area (Å²) in [6.45, 7) is 0.747. The molecule has 34 heavy (non-hydrogen) atoms. The van der Waals surface area contributed by atoms with E-state index in [4.69, 9.17) is 14.5 Å². The lowest BCUT2D eigenvalue weighted by molar-refractivity contribution is 0.0880. The van der Waals surface area contributed by atoms with Crippen LogP contribution in [0.3, 0.4) is 0 Å². The number of ether oxygens (including phenoxy) is 1. The highest BCUT2D eigenvalue weighted by Gasteiger charge is 2.34. The number of aromatic nitrogens is 4. The third-order valence-corrected chi connectivity index (χ3v) is 6.17. The maximum Gasteiger partial charge on any atom is 0.469 e. The zero-order chi connectivity index (χ0) is 24.0. The van der Waals surface area contributed by atoms with Gasteiger partial charge in [0.2, 0.25) is 5.95 Å². The van der Waals surface area contributed by atoms with Gasteiger partial charge in [0.25, 0.3) is 0 Å². The van der Waals surface area contributed by atoms with Crippen LogP contribution in [0.5, 0.6) is 0 Å². The highest BCUT2D eigenvalue weighted by molar-refractivity contribution is 7.46. The first-order chi connectivity index (χ1) is 16.2. The van der Waals surface area contributed by atoms with Crippen molar-refractivity contribution in [3.8, 4) is 11.1 Å². The van der Waals surface area contributed by atoms with Crippen molar-refractivity contribution in [2.75, 3.05) is 23.0 Å². The lowest BCUT2D eigenvalue weighted by atomic mass is 10.00. The molecule has 178 valence electrons. The SMILES string of the molecule is Cn1nnnc1N1Cc2ccc(-c3ccc(N4C[C@H](COP(=O)(O)O)OC4=O)cc3F)cc2C1. The third-order valence-electron chi connectivity index (χ3n) is 5.69. The van der Waals surface area contributed by atoms with Crippen LogP contribution < -0.4 is 9.80 Å². The Labute approximate surface area is 192 Å². The molecule has 2 aromatic carbocycles. The first kappa shape index (κ1) is 22.4. The quantitative estimate of drug-likeness (QED) is 0.492. The highest BCUT2D eigenvalue weighted by Crippen LogP contribution is 2.37. The number of benzene rings is 2. The number of hydrogen-bond acceptors (Lipinski definition) is 8. The summed E-state index contributed by atoms with van der Waals surface area (Å²) in [6.07, 6.45) is -1.63. The van der Waals surface area contributed by atoms with Gasteiger partial charge in [0.05, 0.1) is 18.8 Å². The fourth-order valence-corrected chi connectivity index (χ4v) is 4.46. The van der Waals surface area contributed by atoms with E-state index in [1.807, 2.05) is 23.1 Å². The molecule has 1 fully saturated rings. The fourth-order valence-electron chi connectivity index (χ4n) is 4.10. The van der Waals surface area contributed by atoms with Gasteiger partial charge in [0.1, 0.15) is 11.9 Å². The first-order valence-electron chi connectivity index (χ1n) is 10.3. The van der Waals surface area contributed by atoms with Gasteiger partial charge in [-0.05, 0) is 51.4 Å². The molecule has 0 aliphatic carbocycles. The third kappa shape index (κ3) is 4.38. The second-order valence-corrected chi connectivity index (χ2v) is 9.25. The average molecular weight is 490 g/mol. The van der Waals surface area contributed by atoms with Crippen molar-refractivity contribution in [1.29, 1.82) is 0 Å². The number of carbonyl (C=O) groups excluding carboxylic acids is 1. The predicted molar refractivity (Wildman–Crippen MR) is 116 cm³/mol. The second kappa shape index (κ2) is 8.44. The summed E-state index contributed by atoms with van der Waals surface area (Å²) in [6, 6.07) is 10.1. The number of hydrogen-bond donors (Lipinski definition) is 2. The number of carbonyl (C=O) groups is 1. The molecule has 1 amide bonds. The summed E-state index contributed by atoms with van der Waals surface area (Å²) in [5.41, 5.74) is 3.48. The van der Waals surface area contributed by atoms with Crippen LogP contribution in [0.2, 0.25) is 0 Å². The zero-order valence-corrected chi connectivity index (χ0v) is 18.8. The van der Waals surface area contributed by atoms with Crippen molar-refractivity contribution in [2.24, 2.45) is 7.05 Å². The molecule has 1 saturated heterocycles. The number of tetrazole rings is 1. The number of phosphoric acid groups is 1. The minimum absolute atomic E-state index is 0.0246. The minimum Gasteiger partial charge on any atom is -0.441 e. The van der Waals surface area contributed by atoms with Gasteiger partial charge in [-0.1, -0.05) is 17.2 Å². The first-order valence-corrected chi connectivity index (χ1v) is 11.8. The van der Waals surface area contributed by atoms with Crippen LogP contribution in [0.4, 0.5) is 20.8 Å². The van der Waals surface area contributed by atoms with Gasteiger partial charge in [-0.2, -0.15) is 0 Å². The Kier molecular flexibility index (Phi) is 5.56. The van der Waals surface area contributed by atoms with Gasteiger partial charge < -0.3 is 19.4 Å².